The van der Waals surface area contributed by atoms with Crippen LogP contribution in [0.25, 0.3) is 0 Å². The van der Waals surface area contributed by atoms with Crippen LogP contribution in [0.2, 0.25) is 5.15 Å². The van der Waals surface area contributed by atoms with E-state index in [1.54, 1.807) is 6.20 Å². The highest BCUT2D eigenvalue weighted by molar-refractivity contribution is 9.10. The number of anilines is 1. The number of fused-ring (bicyclic) bond motifs is 1. The van der Waals surface area contributed by atoms with Crippen LogP contribution in [-0.4, -0.2) is 23.7 Å². The second-order valence-corrected chi connectivity index (χ2v) is 7.31. The number of hydrogen-bond acceptors (Lipinski definition) is 3. The molecule has 3 nitrogen and oxygen atoms in total. The SMILES string of the molecule is CC1(C)C(Nc2cc(Br)cnc2Cl)C2CCCOC21. The van der Waals surface area contributed by atoms with Crippen molar-refractivity contribution in [3.05, 3.63) is 21.9 Å². The van der Waals surface area contributed by atoms with Crippen LogP contribution in [0, 0.1) is 11.3 Å². The molecule has 3 unspecified atom stereocenters. The summed E-state index contributed by atoms with van der Waals surface area (Å²) in [6.45, 7) is 5.42. The lowest BCUT2D eigenvalue weighted by Gasteiger charge is -2.60. The highest BCUT2D eigenvalue weighted by Crippen LogP contribution is 2.52. The zero-order valence-corrected chi connectivity index (χ0v) is 13.5. The average molecular weight is 346 g/mol. The van der Waals surface area contributed by atoms with Gasteiger partial charge in [0.2, 0.25) is 0 Å². The number of nitrogens with zero attached hydrogens (tertiary/aromatic N) is 1. The molecule has 0 radical (unpaired) electrons. The molecule has 0 amide bonds. The van der Waals surface area contributed by atoms with Crippen molar-refractivity contribution in [1.29, 1.82) is 0 Å². The van der Waals surface area contributed by atoms with Gasteiger partial charge in [0.25, 0.3) is 0 Å². The normalized spacial score (nSPS) is 32.3. The Bertz CT molecular complexity index is 494. The van der Waals surface area contributed by atoms with E-state index in [-0.39, 0.29) is 5.41 Å². The molecular formula is C14H18BrClN2O. The lowest BCUT2D eigenvalue weighted by Crippen LogP contribution is -2.67. The monoisotopic (exact) mass is 344 g/mol. The van der Waals surface area contributed by atoms with Crippen molar-refractivity contribution >= 4 is 33.2 Å². The Morgan fingerprint density at radius 2 is 2.32 bits per heavy atom. The van der Waals surface area contributed by atoms with Crippen LogP contribution in [-0.2, 0) is 4.74 Å². The minimum absolute atomic E-state index is 0.136. The summed E-state index contributed by atoms with van der Waals surface area (Å²) in [4.78, 5) is 4.17. The van der Waals surface area contributed by atoms with Gasteiger partial charge in [0, 0.05) is 34.7 Å². The molecule has 1 saturated carbocycles. The fourth-order valence-electron chi connectivity index (χ4n) is 3.51. The summed E-state index contributed by atoms with van der Waals surface area (Å²) in [5.74, 6) is 0.582. The Hall–Kier alpha value is -0.320. The third-order valence-electron chi connectivity index (χ3n) is 4.45. The quantitative estimate of drug-likeness (QED) is 0.819. The summed E-state index contributed by atoms with van der Waals surface area (Å²) >= 11 is 9.60. The van der Waals surface area contributed by atoms with Gasteiger partial charge in [-0.15, -0.1) is 0 Å². The molecule has 5 heteroatoms. The van der Waals surface area contributed by atoms with Gasteiger partial charge in [-0.1, -0.05) is 25.4 Å². The Kier molecular flexibility index (Phi) is 3.52. The molecule has 1 saturated heterocycles. The van der Waals surface area contributed by atoms with Gasteiger partial charge in [-0.25, -0.2) is 4.98 Å². The van der Waals surface area contributed by atoms with Crippen molar-refractivity contribution in [1.82, 2.24) is 4.98 Å². The first-order valence-corrected chi connectivity index (χ1v) is 7.86. The molecule has 1 aliphatic heterocycles. The number of rotatable bonds is 2. The van der Waals surface area contributed by atoms with Crippen molar-refractivity contribution in [3.8, 4) is 0 Å². The molecule has 1 aromatic heterocycles. The Morgan fingerprint density at radius 3 is 3.11 bits per heavy atom. The summed E-state index contributed by atoms with van der Waals surface area (Å²) in [7, 11) is 0. The second-order valence-electron chi connectivity index (χ2n) is 6.03. The van der Waals surface area contributed by atoms with Crippen LogP contribution in [0.15, 0.2) is 16.7 Å². The first-order valence-electron chi connectivity index (χ1n) is 6.69. The van der Waals surface area contributed by atoms with E-state index in [1.165, 1.54) is 6.42 Å². The maximum atomic E-state index is 6.16. The van der Waals surface area contributed by atoms with E-state index in [1.807, 2.05) is 6.07 Å². The molecule has 104 valence electrons. The third-order valence-corrected chi connectivity index (χ3v) is 5.18. The number of ether oxygens (including phenoxy) is 1. The van der Waals surface area contributed by atoms with E-state index in [4.69, 9.17) is 16.3 Å². The van der Waals surface area contributed by atoms with Gasteiger partial charge >= 0.3 is 0 Å². The molecule has 1 aliphatic carbocycles. The number of nitrogens with one attached hydrogen (secondary N) is 1. The Morgan fingerprint density at radius 1 is 1.53 bits per heavy atom. The minimum Gasteiger partial charge on any atom is -0.379 e. The highest BCUT2D eigenvalue weighted by atomic mass is 79.9. The van der Waals surface area contributed by atoms with Gasteiger partial charge < -0.3 is 10.1 Å². The van der Waals surface area contributed by atoms with Gasteiger partial charge in [-0.2, -0.15) is 0 Å². The fourth-order valence-corrected chi connectivity index (χ4v) is 4.00. The Balaban J connectivity index is 1.81. The largest absolute Gasteiger partial charge is 0.379 e. The Labute approximate surface area is 127 Å². The van der Waals surface area contributed by atoms with Crippen molar-refractivity contribution in [2.75, 3.05) is 11.9 Å². The molecule has 1 aromatic rings. The van der Waals surface area contributed by atoms with E-state index in [9.17, 15) is 0 Å². The predicted octanol–water partition coefficient (Wildman–Crippen LogP) is 4.11. The topological polar surface area (TPSA) is 34.2 Å². The van der Waals surface area contributed by atoms with Gasteiger partial charge in [0.05, 0.1) is 11.8 Å². The molecule has 0 aromatic carbocycles. The van der Waals surface area contributed by atoms with Crippen LogP contribution in [0.4, 0.5) is 5.69 Å². The number of halogens is 2. The fraction of sp³-hybridized carbons (Fsp3) is 0.643. The molecule has 3 rings (SSSR count). The van der Waals surface area contributed by atoms with Gasteiger partial charge in [0.1, 0.15) is 0 Å². The van der Waals surface area contributed by atoms with Crippen molar-refractivity contribution < 1.29 is 4.74 Å². The summed E-state index contributed by atoms with van der Waals surface area (Å²) in [6, 6.07) is 2.38. The van der Waals surface area contributed by atoms with E-state index in [2.05, 4.69) is 40.1 Å². The van der Waals surface area contributed by atoms with Gasteiger partial charge in [-0.3, -0.25) is 0 Å². The maximum absolute atomic E-state index is 6.16. The van der Waals surface area contributed by atoms with E-state index in [0.717, 1.165) is 23.2 Å². The molecular weight excluding hydrogens is 328 g/mol. The molecule has 3 atom stereocenters. The van der Waals surface area contributed by atoms with E-state index < -0.39 is 0 Å². The van der Waals surface area contributed by atoms with Crippen molar-refractivity contribution in [2.24, 2.45) is 11.3 Å². The summed E-state index contributed by atoms with van der Waals surface area (Å²) in [5.41, 5.74) is 1.04. The van der Waals surface area contributed by atoms with Gasteiger partial charge in [-0.05, 0) is 34.8 Å². The van der Waals surface area contributed by atoms with E-state index in [0.29, 0.717) is 23.2 Å². The van der Waals surface area contributed by atoms with Crippen molar-refractivity contribution in [3.63, 3.8) is 0 Å². The predicted molar refractivity (Wildman–Crippen MR) is 80.6 cm³/mol. The third kappa shape index (κ3) is 2.28. The molecule has 2 heterocycles. The number of aromatic nitrogens is 1. The first-order chi connectivity index (χ1) is 9.00. The van der Waals surface area contributed by atoms with Crippen LogP contribution in [0.3, 0.4) is 0 Å². The van der Waals surface area contributed by atoms with Crippen LogP contribution >= 0.6 is 27.5 Å². The zero-order valence-electron chi connectivity index (χ0n) is 11.1. The van der Waals surface area contributed by atoms with Crippen LogP contribution < -0.4 is 5.32 Å². The van der Waals surface area contributed by atoms with Crippen LogP contribution in [0.5, 0.6) is 0 Å². The zero-order chi connectivity index (χ0) is 13.6. The van der Waals surface area contributed by atoms with E-state index >= 15 is 0 Å². The molecule has 1 N–H and O–H groups in total. The molecule has 19 heavy (non-hydrogen) atoms. The summed E-state index contributed by atoms with van der Waals surface area (Å²) < 4.78 is 6.85. The lowest BCUT2D eigenvalue weighted by atomic mass is 9.55. The first kappa shape index (κ1) is 13.7. The molecule has 0 spiro atoms. The van der Waals surface area contributed by atoms with Gasteiger partial charge in [0.15, 0.2) is 5.15 Å². The highest BCUT2D eigenvalue weighted by Gasteiger charge is 2.58. The summed E-state index contributed by atoms with van der Waals surface area (Å²) in [5, 5.41) is 4.10. The minimum atomic E-state index is 0.136. The smallest absolute Gasteiger partial charge is 0.152 e. The van der Waals surface area contributed by atoms with Crippen LogP contribution in [0.1, 0.15) is 26.7 Å². The standard InChI is InChI=1S/C14H18BrClN2O/c1-14(2)11(9-4-3-5-19-12(9)14)18-10-6-8(15)7-17-13(10)16/h6-7,9,11-12,18H,3-5H2,1-2H3. The molecule has 2 fully saturated rings. The second kappa shape index (κ2) is 4.90. The number of hydrogen-bond donors (Lipinski definition) is 1. The molecule has 2 aliphatic rings. The lowest BCUT2D eigenvalue weighted by molar-refractivity contribution is -0.177. The average Bonchev–Trinajstić information content (AvgIpc) is 2.39. The summed E-state index contributed by atoms with van der Waals surface area (Å²) in [6.07, 6.45) is 4.47. The van der Waals surface area contributed by atoms with Crippen molar-refractivity contribution in [2.45, 2.75) is 38.8 Å². The molecule has 0 bridgehead atoms. The number of pyridine rings is 1. The maximum Gasteiger partial charge on any atom is 0.152 e.